The number of aromatic nitrogens is 2. The van der Waals surface area contributed by atoms with Gasteiger partial charge < -0.3 is 4.90 Å². The van der Waals surface area contributed by atoms with Crippen molar-refractivity contribution in [1.82, 2.24) is 18.8 Å². The Hall–Kier alpha value is -2.82. The lowest BCUT2D eigenvalue weighted by atomic mass is 10.2. The minimum atomic E-state index is -3.56. The van der Waals surface area contributed by atoms with E-state index in [4.69, 9.17) is 0 Å². The molecule has 0 aliphatic carbocycles. The first-order valence-electron chi connectivity index (χ1n) is 9.38. The second kappa shape index (κ2) is 8.50. The summed E-state index contributed by atoms with van der Waals surface area (Å²) in [5, 5.41) is 3.48. The maximum atomic E-state index is 12.6. The van der Waals surface area contributed by atoms with E-state index in [9.17, 15) is 18.0 Å². The van der Waals surface area contributed by atoms with E-state index in [1.54, 1.807) is 22.4 Å². The number of fused-ring (bicyclic) bond motifs is 1. The highest BCUT2D eigenvalue weighted by Gasteiger charge is 2.27. The van der Waals surface area contributed by atoms with Crippen LogP contribution in [0.1, 0.15) is 5.56 Å². The Labute approximate surface area is 177 Å². The largest absolute Gasteiger partial charge is 0.338 e. The van der Waals surface area contributed by atoms with Crippen molar-refractivity contribution in [2.75, 3.05) is 26.2 Å². The predicted molar refractivity (Wildman–Crippen MR) is 116 cm³/mol. The fourth-order valence-corrected chi connectivity index (χ4v) is 5.16. The zero-order chi connectivity index (χ0) is 21.1. The third-order valence-electron chi connectivity index (χ3n) is 4.94. The third-order valence-corrected chi connectivity index (χ3v) is 7.32. The number of thiophene rings is 1. The van der Waals surface area contributed by atoms with Gasteiger partial charge in [-0.2, -0.15) is 4.31 Å². The summed E-state index contributed by atoms with van der Waals surface area (Å²) in [4.78, 5) is 31.5. The number of benzene rings is 1. The van der Waals surface area contributed by atoms with Gasteiger partial charge in [0.2, 0.25) is 15.9 Å². The topological polar surface area (TPSA) is 92.6 Å². The summed E-state index contributed by atoms with van der Waals surface area (Å²) < 4.78 is 27.8. The number of nitrogens with zero attached hydrogens (tertiary/aromatic N) is 4. The fourth-order valence-electron chi connectivity index (χ4n) is 3.26. The number of hydrogen-bond donors (Lipinski definition) is 0. The number of hydrogen-bond acceptors (Lipinski definition) is 6. The van der Waals surface area contributed by atoms with Crippen LogP contribution in [0.5, 0.6) is 0 Å². The number of carbonyl (C=O) groups excluding carboxylic acids is 1. The summed E-state index contributed by atoms with van der Waals surface area (Å²) in [6.45, 7) is 0.867. The number of carbonyl (C=O) groups is 1. The Morgan fingerprint density at radius 1 is 1.10 bits per heavy atom. The van der Waals surface area contributed by atoms with Gasteiger partial charge in [-0.25, -0.2) is 13.4 Å². The van der Waals surface area contributed by atoms with Gasteiger partial charge >= 0.3 is 0 Å². The highest BCUT2D eigenvalue weighted by molar-refractivity contribution is 7.92. The Morgan fingerprint density at radius 3 is 2.57 bits per heavy atom. The van der Waals surface area contributed by atoms with E-state index >= 15 is 0 Å². The Bertz CT molecular complexity index is 1240. The molecular formula is C20H20N4O4S2. The standard InChI is InChI=1S/C20H20N4O4S2/c25-18(14-23-15-21-19-17(20(23)26)6-12-29-19)22-8-10-24(11-9-22)30(27,28)13-7-16-4-2-1-3-5-16/h1-7,12-13,15H,8-11,14H2/b13-7+. The first-order chi connectivity index (χ1) is 14.4. The van der Waals surface area contributed by atoms with Crippen LogP contribution >= 0.6 is 11.3 Å². The molecule has 3 heterocycles. The van der Waals surface area contributed by atoms with Crippen LogP contribution in [0.4, 0.5) is 0 Å². The second-order valence-electron chi connectivity index (χ2n) is 6.86. The Balaban J connectivity index is 1.37. The molecule has 0 bridgehead atoms. The molecule has 1 fully saturated rings. The molecule has 0 N–H and O–H groups in total. The fraction of sp³-hybridized carbons (Fsp3) is 0.250. The summed E-state index contributed by atoms with van der Waals surface area (Å²) >= 11 is 1.37. The summed E-state index contributed by atoms with van der Waals surface area (Å²) in [6, 6.07) is 10.9. The van der Waals surface area contributed by atoms with Crippen molar-refractivity contribution in [1.29, 1.82) is 0 Å². The molecule has 3 aromatic rings. The average Bonchev–Trinajstić information content (AvgIpc) is 3.25. The maximum absolute atomic E-state index is 12.6. The molecule has 30 heavy (non-hydrogen) atoms. The molecular weight excluding hydrogens is 424 g/mol. The van der Waals surface area contributed by atoms with Crippen LogP contribution in [0.2, 0.25) is 0 Å². The Morgan fingerprint density at radius 2 is 1.83 bits per heavy atom. The van der Waals surface area contributed by atoms with Crippen molar-refractivity contribution < 1.29 is 13.2 Å². The molecule has 8 nitrogen and oxygen atoms in total. The van der Waals surface area contributed by atoms with Crippen LogP contribution in [0.3, 0.4) is 0 Å². The van der Waals surface area contributed by atoms with E-state index in [-0.39, 0.29) is 44.2 Å². The second-order valence-corrected chi connectivity index (χ2v) is 9.57. The minimum Gasteiger partial charge on any atom is -0.338 e. The first kappa shape index (κ1) is 20.5. The van der Waals surface area contributed by atoms with Crippen molar-refractivity contribution in [3.8, 4) is 0 Å². The van der Waals surface area contributed by atoms with Crippen LogP contribution in [-0.2, 0) is 21.4 Å². The molecule has 156 valence electrons. The van der Waals surface area contributed by atoms with Crippen LogP contribution in [0.25, 0.3) is 16.3 Å². The van der Waals surface area contributed by atoms with Gasteiger partial charge in [0.15, 0.2) is 0 Å². The monoisotopic (exact) mass is 444 g/mol. The van der Waals surface area contributed by atoms with Gasteiger partial charge in [0, 0.05) is 31.6 Å². The lowest BCUT2D eigenvalue weighted by Gasteiger charge is -2.33. The number of piperazine rings is 1. The molecule has 1 aliphatic heterocycles. The van der Waals surface area contributed by atoms with Crippen LogP contribution in [0, 0.1) is 0 Å². The average molecular weight is 445 g/mol. The molecule has 0 atom stereocenters. The molecule has 2 aromatic heterocycles. The van der Waals surface area contributed by atoms with E-state index in [0.717, 1.165) is 5.56 Å². The number of amides is 1. The first-order valence-corrected chi connectivity index (χ1v) is 11.8. The quantitative estimate of drug-likeness (QED) is 0.596. The highest BCUT2D eigenvalue weighted by atomic mass is 32.2. The predicted octanol–water partition coefficient (Wildman–Crippen LogP) is 1.60. The molecule has 4 rings (SSSR count). The highest BCUT2D eigenvalue weighted by Crippen LogP contribution is 2.14. The van der Waals surface area contributed by atoms with E-state index in [1.807, 2.05) is 30.3 Å². The molecule has 1 saturated heterocycles. The molecule has 0 saturated carbocycles. The van der Waals surface area contributed by atoms with Gasteiger partial charge in [0.05, 0.1) is 11.7 Å². The van der Waals surface area contributed by atoms with Gasteiger partial charge in [-0.3, -0.25) is 14.2 Å². The minimum absolute atomic E-state index is 0.113. The lowest BCUT2D eigenvalue weighted by Crippen LogP contribution is -2.51. The molecule has 0 unspecified atom stereocenters. The van der Waals surface area contributed by atoms with E-state index < -0.39 is 10.0 Å². The van der Waals surface area contributed by atoms with Crippen molar-refractivity contribution in [2.45, 2.75) is 6.54 Å². The molecule has 10 heteroatoms. The molecule has 1 aromatic carbocycles. The normalized spacial score (nSPS) is 15.8. The van der Waals surface area contributed by atoms with Crippen LogP contribution < -0.4 is 5.56 Å². The van der Waals surface area contributed by atoms with Crippen molar-refractivity contribution in [2.24, 2.45) is 0 Å². The van der Waals surface area contributed by atoms with Crippen molar-refractivity contribution in [3.05, 3.63) is 69.4 Å². The van der Waals surface area contributed by atoms with Crippen molar-refractivity contribution in [3.63, 3.8) is 0 Å². The maximum Gasteiger partial charge on any atom is 0.262 e. The van der Waals surface area contributed by atoms with E-state index in [2.05, 4.69) is 4.98 Å². The summed E-state index contributed by atoms with van der Waals surface area (Å²) in [6.07, 6.45) is 2.95. The smallest absolute Gasteiger partial charge is 0.262 e. The third kappa shape index (κ3) is 4.35. The summed E-state index contributed by atoms with van der Waals surface area (Å²) in [5.74, 6) is -0.231. The molecule has 1 aliphatic rings. The SMILES string of the molecule is O=C(Cn1cnc2sccc2c1=O)N1CCN(S(=O)(=O)/C=C/c2ccccc2)CC1. The molecule has 0 radical (unpaired) electrons. The zero-order valence-corrected chi connectivity index (χ0v) is 17.7. The number of rotatable bonds is 5. The van der Waals surface area contributed by atoms with E-state index in [0.29, 0.717) is 10.2 Å². The zero-order valence-electron chi connectivity index (χ0n) is 16.0. The van der Waals surface area contributed by atoms with Gasteiger partial charge in [-0.1, -0.05) is 30.3 Å². The van der Waals surface area contributed by atoms with Crippen molar-refractivity contribution >= 4 is 43.6 Å². The molecule has 0 spiro atoms. The number of sulfonamides is 1. The molecule has 1 amide bonds. The van der Waals surface area contributed by atoms with Gasteiger partial charge in [0.1, 0.15) is 11.4 Å². The Kier molecular flexibility index (Phi) is 5.80. The van der Waals surface area contributed by atoms with Crippen LogP contribution in [0.15, 0.2) is 58.3 Å². The summed E-state index contributed by atoms with van der Waals surface area (Å²) in [7, 11) is -3.56. The van der Waals surface area contributed by atoms with Gasteiger partial charge in [0.25, 0.3) is 5.56 Å². The van der Waals surface area contributed by atoms with Gasteiger partial charge in [-0.05, 0) is 23.1 Å². The van der Waals surface area contributed by atoms with Crippen LogP contribution in [-0.4, -0.2) is 59.3 Å². The lowest BCUT2D eigenvalue weighted by molar-refractivity contribution is -0.133. The van der Waals surface area contributed by atoms with Gasteiger partial charge in [-0.15, -0.1) is 11.3 Å². The summed E-state index contributed by atoms with van der Waals surface area (Å²) in [5.41, 5.74) is 0.554. The van der Waals surface area contributed by atoms with E-state index in [1.165, 1.54) is 31.9 Å².